The molecule has 1 saturated heterocycles. The number of furan rings is 1. The molecule has 0 bridgehead atoms. The molecule has 31 heavy (non-hydrogen) atoms. The number of amides is 2. The summed E-state index contributed by atoms with van der Waals surface area (Å²) in [4.78, 5) is 26.7. The van der Waals surface area contributed by atoms with Crippen LogP contribution in [0.15, 0.2) is 47.1 Å². The van der Waals surface area contributed by atoms with Crippen molar-refractivity contribution in [1.29, 1.82) is 0 Å². The van der Waals surface area contributed by atoms with Crippen molar-refractivity contribution in [2.75, 3.05) is 11.9 Å². The Morgan fingerprint density at radius 2 is 2.00 bits per heavy atom. The van der Waals surface area contributed by atoms with E-state index in [1.165, 1.54) is 6.42 Å². The van der Waals surface area contributed by atoms with Gasteiger partial charge in [0, 0.05) is 37.2 Å². The maximum atomic E-state index is 12.7. The monoisotopic (exact) mass is 419 g/mol. The van der Waals surface area contributed by atoms with Gasteiger partial charge in [0.1, 0.15) is 11.6 Å². The minimum absolute atomic E-state index is 0.0283. The number of hydrogen-bond acceptors (Lipinski definition) is 5. The largest absolute Gasteiger partial charge is 0.467 e. The van der Waals surface area contributed by atoms with Gasteiger partial charge in [0.05, 0.1) is 18.7 Å². The van der Waals surface area contributed by atoms with E-state index in [4.69, 9.17) is 4.42 Å². The molecule has 8 heteroatoms. The summed E-state index contributed by atoms with van der Waals surface area (Å²) in [5, 5.41) is 11.7. The fourth-order valence-electron chi connectivity index (χ4n) is 4.34. The molecule has 8 nitrogen and oxygen atoms in total. The number of hydrogen-bond donors (Lipinski definition) is 1. The molecular formula is C23H25N5O3. The first-order valence-corrected chi connectivity index (χ1v) is 10.8. The van der Waals surface area contributed by atoms with E-state index in [1.807, 2.05) is 30.3 Å². The lowest BCUT2D eigenvalue weighted by Gasteiger charge is -2.15. The van der Waals surface area contributed by atoms with Gasteiger partial charge in [-0.2, -0.15) is 0 Å². The van der Waals surface area contributed by atoms with Crippen LogP contribution in [0.4, 0.5) is 5.69 Å². The molecule has 2 aliphatic rings. The quantitative estimate of drug-likeness (QED) is 0.685. The lowest BCUT2D eigenvalue weighted by molar-refractivity contribution is -0.128. The van der Waals surface area contributed by atoms with Crippen LogP contribution in [0.2, 0.25) is 0 Å². The van der Waals surface area contributed by atoms with Crippen molar-refractivity contribution in [3.8, 4) is 11.4 Å². The molecule has 0 aliphatic carbocycles. The van der Waals surface area contributed by atoms with Crippen molar-refractivity contribution in [2.24, 2.45) is 5.92 Å². The molecule has 2 amide bonds. The fraction of sp³-hybridized carbons (Fsp3) is 0.391. The van der Waals surface area contributed by atoms with Crippen LogP contribution in [0.5, 0.6) is 0 Å². The zero-order chi connectivity index (χ0) is 21.2. The minimum atomic E-state index is -0.366. The van der Waals surface area contributed by atoms with Crippen molar-refractivity contribution < 1.29 is 14.0 Å². The number of benzene rings is 1. The third-order valence-electron chi connectivity index (χ3n) is 6.03. The Hall–Kier alpha value is -3.42. The van der Waals surface area contributed by atoms with E-state index in [0.29, 0.717) is 18.8 Å². The summed E-state index contributed by atoms with van der Waals surface area (Å²) in [6.07, 6.45) is 6.29. The van der Waals surface area contributed by atoms with E-state index >= 15 is 0 Å². The van der Waals surface area contributed by atoms with Gasteiger partial charge in [-0.3, -0.25) is 9.59 Å². The number of carbonyl (C=O) groups excluding carboxylic acids is 2. The number of likely N-dealkylation sites (tertiary alicyclic amines) is 1. The third kappa shape index (κ3) is 4.10. The maximum absolute atomic E-state index is 12.7. The fourth-order valence-corrected chi connectivity index (χ4v) is 4.34. The van der Waals surface area contributed by atoms with Crippen LogP contribution in [-0.2, 0) is 29.1 Å². The zero-order valence-electron chi connectivity index (χ0n) is 17.3. The summed E-state index contributed by atoms with van der Waals surface area (Å²) < 4.78 is 7.52. The van der Waals surface area contributed by atoms with E-state index in [0.717, 1.165) is 48.8 Å². The molecule has 160 valence electrons. The number of nitrogens with one attached hydrogen (secondary N) is 1. The molecule has 1 atom stereocenters. The van der Waals surface area contributed by atoms with E-state index in [9.17, 15) is 9.59 Å². The van der Waals surface area contributed by atoms with Crippen LogP contribution >= 0.6 is 0 Å². The SMILES string of the molecule is O=C(Nc1ccc(-c2nnc3n2CCCCC3)cc1)C1CC(=O)N(Cc2ccco2)C1. The predicted molar refractivity (Wildman–Crippen MR) is 114 cm³/mol. The summed E-state index contributed by atoms with van der Waals surface area (Å²) in [5.41, 5.74) is 1.70. The molecule has 2 aliphatic heterocycles. The van der Waals surface area contributed by atoms with Crippen LogP contribution in [0.1, 0.15) is 37.3 Å². The Kier molecular flexibility index (Phi) is 5.28. The number of rotatable bonds is 5. The van der Waals surface area contributed by atoms with Gasteiger partial charge in [-0.05, 0) is 49.2 Å². The topological polar surface area (TPSA) is 93.3 Å². The average Bonchev–Trinajstić information content (AvgIpc) is 3.47. The first-order chi connectivity index (χ1) is 15.2. The van der Waals surface area contributed by atoms with Crippen LogP contribution in [-0.4, -0.2) is 38.0 Å². The van der Waals surface area contributed by atoms with Gasteiger partial charge in [0.2, 0.25) is 11.8 Å². The number of aryl methyl sites for hydroxylation is 1. The second-order valence-corrected chi connectivity index (χ2v) is 8.22. The van der Waals surface area contributed by atoms with Gasteiger partial charge >= 0.3 is 0 Å². The number of aromatic nitrogens is 3. The summed E-state index contributed by atoms with van der Waals surface area (Å²) in [7, 11) is 0. The predicted octanol–water partition coefficient (Wildman–Crippen LogP) is 3.25. The lowest BCUT2D eigenvalue weighted by atomic mass is 10.1. The van der Waals surface area contributed by atoms with Gasteiger partial charge in [0.15, 0.2) is 5.82 Å². The molecule has 5 rings (SSSR count). The van der Waals surface area contributed by atoms with Crippen molar-refractivity contribution in [3.63, 3.8) is 0 Å². The number of fused-ring (bicyclic) bond motifs is 1. The molecule has 4 heterocycles. The standard InChI is InChI=1S/C23H25N5O3/c29-21-13-17(14-27(21)15-19-5-4-12-31-19)23(30)24-18-9-7-16(8-10-18)22-26-25-20-6-2-1-3-11-28(20)22/h4-5,7-10,12,17H,1-3,6,11,13-15H2,(H,24,30). The maximum Gasteiger partial charge on any atom is 0.229 e. The molecule has 2 aromatic heterocycles. The van der Waals surface area contributed by atoms with Crippen LogP contribution < -0.4 is 5.32 Å². The molecule has 0 spiro atoms. The third-order valence-corrected chi connectivity index (χ3v) is 6.03. The number of anilines is 1. The normalized spacial score (nSPS) is 18.6. The Labute approximate surface area is 180 Å². The van der Waals surface area contributed by atoms with E-state index < -0.39 is 0 Å². The van der Waals surface area contributed by atoms with Crippen LogP contribution in [0, 0.1) is 5.92 Å². The molecule has 1 aromatic carbocycles. The smallest absolute Gasteiger partial charge is 0.229 e. The van der Waals surface area contributed by atoms with Gasteiger partial charge in [-0.25, -0.2) is 0 Å². The average molecular weight is 419 g/mol. The van der Waals surface area contributed by atoms with Crippen molar-refractivity contribution >= 4 is 17.5 Å². The summed E-state index contributed by atoms with van der Waals surface area (Å²) in [5.74, 6) is 2.11. The van der Waals surface area contributed by atoms with Gasteiger partial charge in [-0.1, -0.05) is 6.42 Å². The first-order valence-electron chi connectivity index (χ1n) is 10.8. The molecular weight excluding hydrogens is 394 g/mol. The zero-order valence-corrected chi connectivity index (χ0v) is 17.3. The molecule has 1 fully saturated rings. The highest BCUT2D eigenvalue weighted by Gasteiger charge is 2.34. The van der Waals surface area contributed by atoms with Gasteiger partial charge in [-0.15, -0.1) is 10.2 Å². The second kappa shape index (κ2) is 8.37. The molecule has 1 N–H and O–H groups in total. The van der Waals surface area contributed by atoms with Crippen molar-refractivity contribution in [3.05, 3.63) is 54.2 Å². The van der Waals surface area contributed by atoms with Gasteiger partial charge < -0.3 is 19.2 Å². The molecule has 1 unspecified atom stereocenters. The summed E-state index contributed by atoms with van der Waals surface area (Å²) >= 11 is 0. The second-order valence-electron chi connectivity index (χ2n) is 8.22. The Morgan fingerprint density at radius 1 is 1.13 bits per heavy atom. The van der Waals surface area contributed by atoms with Crippen LogP contribution in [0.3, 0.4) is 0 Å². The molecule has 0 radical (unpaired) electrons. The van der Waals surface area contributed by atoms with E-state index in [-0.39, 0.29) is 24.2 Å². The Morgan fingerprint density at radius 3 is 2.81 bits per heavy atom. The summed E-state index contributed by atoms with van der Waals surface area (Å²) in [6.45, 7) is 1.74. The van der Waals surface area contributed by atoms with E-state index in [1.54, 1.807) is 17.2 Å². The van der Waals surface area contributed by atoms with Gasteiger partial charge in [0.25, 0.3) is 0 Å². The first kappa shape index (κ1) is 19.5. The van der Waals surface area contributed by atoms with Crippen LogP contribution in [0.25, 0.3) is 11.4 Å². The lowest BCUT2D eigenvalue weighted by Crippen LogP contribution is -2.27. The van der Waals surface area contributed by atoms with E-state index in [2.05, 4.69) is 20.1 Å². The van der Waals surface area contributed by atoms with Crippen molar-refractivity contribution in [2.45, 2.75) is 45.2 Å². The number of nitrogens with zero attached hydrogens (tertiary/aromatic N) is 4. The highest BCUT2D eigenvalue weighted by Crippen LogP contribution is 2.25. The molecule has 0 saturated carbocycles. The highest BCUT2D eigenvalue weighted by molar-refractivity contribution is 5.97. The number of carbonyl (C=O) groups is 2. The Bertz CT molecular complexity index is 1070. The van der Waals surface area contributed by atoms with Crippen molar-refractivity contribution in [1.82, 2.24) is 19.7 Å². The summed E-state index contributed by atoms with van der Waals surface area (Å²) in [6, 6.07) is 11.3. The highest BCUT2D eigenvalue weighted by atomic mass is 16.3. The molecule has 3 aromatic rings. The minimum Gasteiger partial charge on any atom is -0.467 e. The Balaban J connectivity index is 1.23.